The molecule has 5 heteroatoms. The van der Waals surface area contributed by atoms with Crippen LogP contribution in [-0.2, 0) is 10.2 Å². The third-order valence-corrected chi connectivity index (χ3v) is 2.96. The molecule has 5 nitrogen and oxygen atoms in total. The first-order chi connectivity index (χ1) is 8.18. The number of ether oxygens (including phenoxy) is 1. The zero-order chi connectivity index (χ0) is 12.7. The highest BCUT2D eigenvalue weighted by molar-refractivity contribution is 5.66. The van der Waals surface area contributed by atoms with E-state index < -0.39 is 11.5 Å². The van der Waals surface area contributed by atoms with Gasteiger partial charge in [-0.05, 0) is 12.0 Å². The first-order valence-corrected chi connectivity index (χ1v) is 5.48. The Balaban J connectivity index is 2.86. The molecule has 1 atom stereocenters. The maximum absolute atomic E-state index is 11.0. The molecule has 1 aromatic carbocycles. The number of nitrogens with one attached hydrogen (secondary N) is 1. The van der Waals surface area contributed by atoms with Gasteiger partial charge in [0.05, 0.1) is 12.0 Å². The lowest BCUT2D eigenvalue weighted by Gasteiger charge is -2.30. The van der Waals surface area contributed by atoms with Crippen LogP contribution in [0.25, 0.3) is 0 Å². The van der Waals surface area contributed by atoms with Gasteiger partial charge in [-0.25, -0.2) is 10.6 Å². The molecule has 0 heterocycles. The minimum absolute atomic E-state index is 0.0903. The number of aliphatic hydroxyl groups excluding tert-OH is 1. The third-order valence-electron chi connectivity index (χ3n) is 2.96. The molecule has 1 amide bonds. The molecule has 94 valence electrons. The summed E-state index contributed by atoms with van der Waals surface area (Å²) in [6, 6.07) is 9.48. The lowest BCUT2D eigenvalue weighted by Crippen LogP contribution is -2.39. The van der Waals surface area contributed by atoms with Gasteiger partial charge in [-0.15, -0.1) is 0 Å². The van der Waals surface area contributed by atoms with Crippen molar-refractivity contribution in [3.05, 3.63) is 35.9 Å². The van der Waals surface area contributed by atoms with Gasteiger partial charge < -0.3 is 9.84 Å². The summed E-state index contributed by atoms with van der Waals surface area (Å²) in [7, 11) is 0. The first-order valence-electron chi connectivity index (χ1n) is 5.48. The molecule has 1 rings (SSSR count). The predicted octanol–water partition coefficient (Wildman–Crippen LogP) is 0.927. The number of hydrazine groups is 1. The molecule has 4 N–H and O–H groups in total. The highest BCUT2D eigenvalue weighted by Crippen LogP contribution is 2.27. The average molecular weight is 238 g/mol. The van der Waals surface area contributed by atoms with Crippen molar-refractivity contribution in [2.24, 2.45) is 5.84 Å². The SMILES string of the molecule is CCC(CO)(COC(=O)NN)c1ccccc1. The highest BCUT2D eigenvalue weighted by atomic mass is 16.6. The van der Waals surface area contributed by atoms with Gasteiger partial charge in [0.2, 0.25) is 0 Å². The molecule has 0 bridgehead atoms. The molecule has 0 aliphatic carbocycles. The van der Waals surface area contributed by atoms with Gasteiger partial charge in [0.1, 0.15) is 6.61 Å². The Morgan fingerprint density at radius 3 is 2.59 bits per heavy atom. The largest absolute Gasteiger partial charge is 0.448 e. The Hall–Kier alpha value is -1.59. The van der Waals surface area contributed by atoms with Crippen LogP contribution in [0.15, 0.2) is 30.3 Å². The molecule has 0 spiro atoms. The van der Waals surface area contributed by atoms with Gasteiger partial charge in [-0.1, -0.05) is 37.3 Å². The van der Waals surface area contributed by atoms with Crippen LogP contribution in [0.5, 0.6) is 0 Å². The first kappa shape index (κ1) is 13.5. The van der Waals surface area contributed by atoms with E-state index in [1.54, 1.807) is 0 Å². The second kappa shape index (κ2) is 6.22. The van der Waals surface area contributed by atoms with Crippen LogP contribution in [0.4, 0.5) is 4.79 Å². The minimum atomic E-state index is -0.702. The van der Waals surface area contributed by atoms with E-state index in [4.69, 9.17) is 10.6 Å². The summed E-state index contributed by atoms with van der Waals surface area (Å²) in [5, 5.41) is 9.57. The average Bonchev–Trinajstić information content (AvgIpc) is 2.41. The Morgan fingerprint density at radius 1 is 1.47 bits per heavy atom. The second-order valence-corrected chi connectivity index (χ2v) is 3.88. The molecule has 17 heavy (non-hydrogen) atoms. The van der Waals surface area contributed by atoms with E-state index in [0.29, 0.717) is 6.42 Å². The van der Waals surface area contributed by atoms with E-state index in [1.165, 1.54) is 0 Å². The van der Waals surface area contributed by atoms with Gasteiger partial charge >= 0.3 is 6.09 Å². The van der Waals surface area contributed by atoms with E-state index in [1.807, 2.05) is 42.7 Å². The number of amides is 1. The zero-order valence-electron chi connectivity index (χ0n) is 9.85. The number of rotatable bonds is 5. The zero-order valence-corrected chi connectivity index (χ0v) is 9.85. The van der Waals surface area contributed by atoms with Crippen molar-refractivity contribution in [3.8, 4) is 0 Å². The molecule has 0 saturated carbocycles. The van der Waals surface area contributed by atoms with Crippen molar-refractivity contribution in [3.63, 3.8) is 0 Å². The van der Waals surface area contributed by atoms with Crippen LogP contribution in [0.1, 0.15) is 18.9 Å². The summed E-state index contributed by atoms with van der Waals surface area (Å²) in [4.78, 5) is 11.0. The fourth-order valence-corrected chi connectivity index (χ4v) is 1.68. The summed E-state index contributed by atoms with van der Waals surface area (Å²) in [5.74, 6) is 4.94. The lowest BCUT2D eigenvalue weighted by molar-refractivity contribution is 0.0811. The maximum Gasteiger partial charge on any atom is 0.421 e. The summed E-state index contributed by atoms with van der Waals surface area (Å²) >= 11 is 0. The normalized spacial score (nSPS) is 13.8. The predicted molar refractivity (Wildman–Crippen MR) is 64.2 cm³/mol. The summed E-state index contributed by atoms with van der Waals surface area (Å²) < 4.78 is 4.96. The van der Waals surface area contributed by atoms with Crippen molar-refractivity contribution in [2.45, 2.75) is 18.8 Å². The number of aliphatic hydroxyl groups is 1. The van der Waals surface area contributed by atoms with E-state index in [0.717, 1.165) is 5.56 Å². The van der Waals surface area contributed by atoms with Crippen LogP contribution in [0.3, 0.4) is 0 Å². The standard InChI is InChI=1S/C12H18N2O3/c1-2-12(8-15,9-17-11(16)14-13)10-6-4-3-5-7-10/h3-7,15H,2,8-9,13H2,1H3,(H,14,16). The van der Waals surface area contributed by atoms with Crippen molar-refractivity contribution in [2.75, 3.05) is 13.2 Å². The smallest absolute Gasteiger partial charge is 0.421 e. The third kappa shape index (κ3) is 3.18. The van der Waals surface area contributed by atoms with E-state index >= 15 is 0 Å². The number of hydrogen-bond acceptors (Lipinski definition) is 4. The summed E-state index contributed by atoms with van der Waals surface area (Å²) in [5.41, 5.74) is 2.26. The van der Waals surface area contributed by atoms with Gasteiger partial charge in [0.25, 0.3) is 0 Å². The van der Waals surface area contributed by atoms with Gasteiger partial charge in [-0.2, -0.15) is 0 Å². The molecular weight excluding hydrogens is 220 g/mol. The van der Waals surface area contributed by atoms with Crippen molar-refractivity contribution in [1.82, 2.24) is 5.43 Å². The molecule has 1 aromatic rings. The topological polar surface area (TPSA) is 84.6 Å². The monoisotopic (exact) mass is 238 g/mol. The number of carbonyl (C=O) groups excluding carboxylic acids is 1. The van der Waals surface area contributed by atoms with E-state index in [2.05, 4.69) is 0 Å². The van der Waals surface area contributed by atoms with Crippen LogP contribution >= 0.6 is 0 Å². The van der Waals surface area contributed by atoms with Crippen LogP contribution in [-0.4, -0.2) is 24.4 Å². The van der Waals surface area contributed by atoms with Gasteiger partial charge in [-0.3, -0.25) is 5.43 Å². The van der Waals surface area contributed by atoms with Crippen LogP contribution < -0.4 is 11.3 Å². The summed E-state index contributed by atoms with van der Waals surface area (Å²) in [6.07, 6.45) is -0.0436. The molecule has 0 aromatic heterocycles. The number of carbonyl (C=O) groups is 1. The Labute approximate surface area is 101 Å². The Morgan fingerprint density at radius 2 is 2.12 bits per heavy atom. The van der Waals surface area contributed by atoms with E-state index in [9.17, 15) is 9.90 Å². The molecule has 1 unspecified atom stereocenters. The molecule has 0 saturated heterocycles. The van der Waals surface area contributed by atoms with Gasteiger partial charge in [0.15, 0.2) is 0 Å². The fraction of sp³-hybridized carbons (Fsp3) is 0.417. The molecule has 0 aliphatic heterocycles. The summed E-state index contributed by atoms with van der Waals surface area (Å²) in [6.45, 7) is 1.94. The lowest BCUT2D eigenvalue weighted by atomic mass is 9.79. The molecule has 0 aliphatic rings. The van der Waals surface area contributed by atoms with Crippen molar-refractivity contribution >= 4 is 6.09 Å². The van der Waals surface area contributed by atoms with Crippen LogP contribution in [0, 0.1) is 0 Å². The van der Waals surface area contributed by atoms with Crippen LogP contribution in [0.2, 0.25) is 0 Å². The Kier molecular flexibility index (Phi) is 4.93. The van der Waals surface area contributed by atoms with Crippen molar-refractivity contribution < 1.29 is 14.6 Å². The molecular formula is C12H18N2O3. The quantitative estimate of drug-likeness (QED) is 0.404. The Bertz CT molecular complexity index is 350. The number of benzene rings is 1. The second-order valence-electron chi connectivity index (χ2n) is 3.88. The van der Waals surface area contributed by atoms with Gasteiger partial charge in [0, 0.05) is 0 Å². The van der Waals surface area contributed by atoms with E-state index in [-0.39, 0.29) is 13.2 Å². The van der Waals surface area contributed by atoms with Crippen molar-refractivity contribution in [1.29, 1.82) is 0 Å². The maximum atomic E-state index is 11.0. The minimum Gasteiger partial charge on any atom is -0.448 e. The molecule has 0 fully saturated rings. The fourth-order valence-electron chi connectivity index (χ4n) is 1.68. The molecule has 0 radical (unpaired) electrons. The highest BCUT2D eigenvalue weighted by Gasteiger charge is 2.31. The number of hydrogen-bond donors (Lipinski definition) is 3. The number of nitrogens with two attached hydrogens (primary N) is 1.